The summed E-state index contributed by atoms with van der Waals surface area (Å²) in [5.74, 6) is 0.795. The maximum absolute atomic E-state index is 10.1. The number of ether oxygens (including phenoxy) is 1. The topological polar surface area (TPSA) is 49.7 Å². The Labute approximate surface area is 89.3 Å². The molecule has 0 unspecified atom stereocenters. The molecule has 0 saturated heterocycles. The first-order valence-corrected chi connectivity index (χ1v) is 5.06. The van der Waals surface area contributed by atoms with E-state index in [4.69, 9.17) is 4.74 Å². The Morgan fingerprint density at radius 2 is 2.27 bits per heavy atom. The van der Waals surface area contributed by atoms with Crippen LogP contribution in [0.4, 0.5) is 0 Å². The average Bonchev–Trinajstić information content (AvgIpc) is 2.51. The highest BCUT2D eigenvalue weighted by Gasteiger charge is 2.41. The lowest BCUT2D eigenvalue weighted by molar-refractivity contribution is 0.00783. The van der Waals surface area contributed by atoms with Gasteiger partial charge in [-0.3, -0.25) is 0 Å². The molecule has 1 aromatic rings. The number of rotatable bonds is 2. The molecule has 1 aromatic carbocycles. The largest absolute Gasteiger partial charge is 0.497 e. The fourth-order valence-electron chi connectivity index (χ4n) is 2.18. The Hall–Kier alpha value is -1.06. The van der Waals surface area contributed by atoms with Gasteiger partial charge in [0, 0.05) is 5.41 Å². The van der Waals surface area contributed by atoms with Gasteiger partial charge >= 0.3 is 0 Å². The minimum Gasteiger partial charge on any atom is -0.497 e. The van der Waals surface area contributed by atoms with Gasteiger partial charge in [0.05, 0.1) is 19.8 Å². The van der Waals surface area contributed by atoms with E-state index >= 15 is 0 Å². The molecule has 3 nitrogen and oxygen atoms in total. The van der Waals surface area contributed by atoms with Gasteiger partial charge in [-0.05, 0) is 29.7 Å². The maximum atomic E-state index is 10.1. The van der Waals surface area contributed by atoms with Crippen LogP contribution in [0.1, 0.15) is 24.2 Å². The normalized spacial score (nSPS) is 28.9. The Balaban J connectivity index is 2.40. The van der Waals surface area contributed by atoms with E-state index in [-0.39, 0.29) is 6.61 Å². The Morgan fingerprint density at radius 1 is 1.53 bits per heavy atom. The SMILES string of the molecule is COc1ccc2c(c1)C[C@](C)(CO)[C@@H]2O. The number of methoxy groups -OCH3 is 1. The molecule has 0 saturated carbocycles. The van der Waals surface area contributed by atoms with E-state index in [0.29, 0.717) is 6.42 Å². The third kappa shape index (κ3) is 1.52. The third-order valence-corrected chi connectivity index (χ3v) is 3.26. The van der Waals surface area contributed by atoms with Crippen LogP contribution in [0.5, 0.6) is 5.75 Å². The lowest BCUT2D eigenvalue weighted by Crippen LogP contribution is -2.26. The first-order chi connectivity index (χ1) is 7.10. The molecule has 0 bridgehead atoms. The first kappa shape index (κ1) is 10.5. The van der Waals surface area contributed by atoms with Crippen molar-refractivity contribution in [3.8, 4) is 5.75 Å². The first-order valence-electron chi connectivity index (χ1n) is 5.06. The monoisotopic (exact) mass is 208 g/mol. The van der Waals surface area contributed by atoms with Crippen molar-refractivity contribution >= 4 is 0 Å². The van der Waals surface area contributed by atoms with Crippen molar-refractivity contribution in [2.24, 2.45) is 5.41 Å². The Bertz CT molecular complexity index is 375. The highest BCUT2D eigenvalue weighted by molar-refractivity contribution is 5.42. The van der Waals surface area contributed by atoms with E-state index in [2.05, 4.69) is 0 Å². The zero-order valence-electron chi connectivity index (χ0n) is 9.03. The van der Waals surface area contributed by atoms with Gasteiger partial charge in [0.15, 0.2) is 0 Å². The molecule has 2 N–H and O–H groups in total. The van der Waals surface area contributed by atoms with Gasteiger partial charge in [0.2, 0.25) is 0 Å². The smallest absolute Gasteiger partial charge is 0.119 e. The fourth-order valence-corrected chi connectivity index (χ4v) is 2.18. The van der Waals surface area contributed by atoms with Crippen molar-refractivity contribution in [1.29, 1.82) is 0 Å². The number of hydrogen-bond donors (Lipinski definition) is 2. The minimum absolute atomic E-state index is 0.00877. The van der Waals surface area contributed by atoms with Crippen molar-refractivity contribution in [3.05, 3.63) is 29.3 Å². The summed E-state index contributed by atoms with van der Waals surface area (Å²) >= 11 is 0. The molecule has 2 rings (SSSR count). The van der Waals surface area contributed by atoms with Crippen LogP contribution in [0.3, 0.4) is 0 Å². The van der Waals surface area contributed by atoms with Crippen molar-refractivity contribution in [2.45, 2.75) is 19.4 Å². The molecule has 0 aliphatic heterocycles. The van der Waals surface area contributed by atoms with Gasteiger partial charge in [-0.2, -0.15) is 0 Å². The molecule has 0 heterocycles. The summed E-state index contributed by atoms with van der Waals surface area (Å²) in [7, 11) is 1.62. The van der Waals surface area contributed by atoms with E-state index in [1.807, 2.05) is 25.1 Å². The van der Waals surface area contributed by atoms with Crippen LogP contribution in [-0.4, -0.2) is 23.9 Å². The van der Waals surface area contributed by atoms with Crippen molar-refractivity contribution in [1.82, 2.24) is 0 Å². The van der Waals surface area contributed by atoms with Gasteiger partial charge in [0.1, 0.15) is 5.75 Å². The summed E-state index contributed by atoms with van der Waals surface area (Å²) in [5.41, 5.74) is 1.53. The van der Waals surface area contributed by atoms with E-state index in [9.17, 15) is 10.2 Å². The number of aliphatic hydroxyl groups is 2. The van der Waals surface area contributed by atoms with Crippen LogP contribution < -0.4 is 4.74 Å². The maximum Gasteiger partial charge on any atom is 0.119 e. The van der Waals surface area contributed by atoms with Crippen LogP contribution in [0.25, 0.3) is 0 Å². The molecule has 1 aliphatic carbocycles. The van der Waals surface area contributed by atoms with Crippen LogP contribution >= 0.6 is 0 Å². The molecule has 0 spiro atoms. The molecule has 0 amide bonds. The summed E-state index contributed by atoms with van der Waals surface area (Å²) in [6, 6.07) is 5.64. The van der Waals surface area contributed by atoms with Crippen molar-refractivity contribution in [2.75, 3.05) is 13.7 Å². The quantitative estimate of drug-likeness (QED) is 0.769. The van der Waals surface area contributed by atoms with Gasteiger partial charge in [-0.1, -0.05) is 13.0 Å². The second kappa shape index (κ2) is 3.51. The van der Waals surface area contributed by atoms with Crippen molar-refractivity contribution < 1.29 is 14.9 Å². The van der Waals surface area contributed by atoms with Crippen LogP contribution in [0.2, 0.25) is 0 Å². The van der Waals surface area contributed by atoms with Gasteiger partial charge in [-0.15, -0.1) is 0 Å². The molecule has 0 radical (unpaired) electrons. The minimum atomic E-state index is -0.580. The summed E-state index contributed by atoms with van der Waals surface area (Å²) in [5, 5.41) is 19.4. The molecule has 0 fully saturated rings. The summed E-state index contributed by atoms with van der Waals surface area (Å²) in [6.07, 6.45) is 0.111. The lowest BCUT2D eigenvalue weighted by atomic mass is 9.86. The predicted molar refractivity (Wildman–Crippen MR) is 56.9 cm³/mol. The summed E-state index contributed by atoms with van der Waals surface area (Å²) < 4.78 is 5.13. The highest BCUT2D eigenvalue weighted by Crippen LogP contribution is 2.45. The second-order valence-electron chi connectivity index (χ2n) is 4.46. The molecule has 15 heavy (non-hydrogen) atoms. The number of benzene rings is 1. The Kier molecular flexibility index (Phi) is 2.44. The molecule has 2 atom stereocenters. The fraction of sp³-hybridized carbons (Fsp3) is 0.500. The molecule has 1 aliphatic rings. The van der Waals surface area contributed by atoms with Crippen LogP contribution in [0.15, 0.2) is 18.2 Å². The van der Waals surface area contributed by atoms with Gasteiger partial charge in [-0.25, -0.2) is 0 Å². The number of aliphatic hydroxyl groups excluding tert-OH is 2. The standard InChI is InChI=1S/C12H16O3/c1-12(7-13)6-8-5-9(15-2)3-4-10(8)11(12)14/h3-5,11,13-14H,6-7H2,1-2H3/t11-,12-/m1/s1. The van der Waals surface area contributed by atoms with Crippen molar-refractivity contribution in [3.63, 3.8) is 0 Å². The van der Waals surface area contributed by atoms with Gasteiger partial charge < -0.3 is 14.9 Å². The molecule has 82 valence electrons. The zero-order chi connectivity index (χ0) is 11.1. The third-order valence-electron chi connectivity index (χ3n) is 3.26. The van der Waals surface area contributed by atoms with Crippen LogP contribution in [-0.2, 0) is 6.42 Å². The van der Waals surface area contributed by atoms with E-state index in [0.717, 1.165) is 16.9 Å². The summed E-state index contributed by atoms with van der Waals surface area (Å²) in [4.78, 5) is 0. The molecular formula is C12H16O3. The summed E-state index contributed by atoms with van der Waals surface area (Å²) in [6.45, 7) is 1.88. The molecule has 3 heteroatoms. The highest BCUT2D eigenvalue weighted by atomic mass is 16.5. The van der Waals surface area contributed by atoms with E-state index in [1.54, 1.807) is 7.11 Å². The zero-order valence-corrected chi connectivity index (χ0v) is 9.03. The van der Waals surface area contributed by atoms with E-state index < -0.39 is 11.5 Å². The Morgan fingerprint density at radius 3 is 2.87 bits per heavy atom. The van der Waals surface area contributed by atoms with E-state index in [1.165, 1.54) is 0 Å². The molecular weight excluding hydrogens is 192 g/mol. The van der Waals surface area contributed by atoms with Gasteiger partial charge in [0.25, 0.3) is 0 Å². The molecule has 0 aromatic heterocycles. The second-order valence-corrected chi connectivity index (χ2v) is 4.46. The average molecular weight is 208 g/mol. The predicted octanol–water partition coefficient (Wildman–Crippen LogP) is 1.28. The number of fused-ring (bicyclic) bond motifs is 1. The number of hydrogen-bond acceptors (Lipinski definition) is 3. The lowest BCUT2D eigenvalue weighted by Gasteiger charge is -2.25. The van der Waals surface area contributed by atoms with Crippen LogP contribution in [0, 0.1) is 5.41 Å².